The van der Waals surface area contributed by atoms with E-state index in [0.29, 0.717) is 18.5 Å². The Morgan fingerprint density at radius 1 is 1.03 bits per heavy atom. The van der Waals surface area contributed by atoms with Crippen LogP contribution in [0.2, 0.25) is 0 Å². The monoisotopic (exact) mass is 422 g/mol. The highest BCUT2D eigenvalue weighted by Crippen LogP contribution is 2.05. The first kappa shape index (κ1) is 27.2. The molecule has 0 heterocycles. The van der Waals surface area contributed by atoms with Crippen molar-refractivity contribution in [2.45, 2.75) is 58.0 Å². The van der Waals surface area contributed by atoms with Crippen molar-refractivity contribution in [1.29, 1.82) is 0 Å². The Morgan fingerprint density at radius 3 is 2.23 bits per heavy atom. The number of carbonyl (C=O) groups excluding carboxylic acids is 3. The summed E-state index contributed by atoms with van der Waals surface area (Å²) in [5.41, 5.74) is 11.9. The van der Waals surface area contributed by atoms with Crippen molar-refractivity contribution in [3.05, 3.63) is 35.9 Å². The minimum atomic E-state index is -1.63. The van der Waals surface area contributed by atoms with E-state index in [1.54, 1.807) is 30.3 Å². The predicted octanol–water partition coefficient (Wildman–Crippen LogP) is 0.356. The summed E-state index contributed by atoms with van der Waals surface area (Å²) in [6.45, 7) is 4.19. The van der Waals surface area contributed by atoms with Crippen molar-refractivity contribution in [2.24, 2.45) is 11.5 Å². The maximum absolute atomic E-state index is 12.1. The maximum atomic E-state index is 12.1. The molecule has 168 valence electrons. The van der Waals surface area contributed by atoms with E-state index in [1.807, 2.05) is 13.8 Å². The quantitative estimate of drug-likeness (QED) is 0.226. The molecule has 2 unspecified atom stereocenters. The number of ketones is 1. The van der Waals surface area contributed by atoms with Crippen LogP contribution in [-0.2, 0) is 25.6 Å². The molecule has 0 fully saturated rings. The fourth-order valence-electron chi connectivity index (χ4n) is 2.57. The van der Waals surface area contributed by atoms with Gasteiger partial charge >= 0.3 is 5.97 Å². The Kier molecular flexibility index (Phi) is 14.6. The summed E-state index contributed by atoms with van der Waals surface area (Å²) in [7, 11) is 0. The number of carboxylic acids is 1. The smallest absolute Gasteiger partial charge is 0.374 e. The summed E-state index contributed by atoms with van der Waals surface area (Å²) in [4.78, 5) is 46.9. The molecule has 0 aromatic heterocycles. The topological polar surface area (TPSA) is 165 Å². The molecule has 0 aliphatic heterocycles. The van der Waals surface area contributed by atoms with E-state index >= 15 is 0 Å². The molecular weight excluding hydrogens is 388 g/mol. The van der Waals surface area contributed by atoms with Crippen LogP contribution in [0, 0.1) is 0 Å². The van der Waals surface area contributed by atoms with E-state index in [2.05, 4.69) is 10.6 Å². The maximum Gasteiger partial charge on any atom is 0.374 e. The largest absolute Gasteiger partial charge is 0.475 e. The molecule has 9 nitrogen and oxygen atoms in total. The Hall–Kier alpha value is -2.78. The van der Waals surface area contributed by atoms with Crippen LogP contribution in [0.1, 0.15) is 45.1 Å². The molecule has 0 radical (unpaired) electrons. The molecule has 0 bridgehead atoms. The van der Waals surface area contributed by atoms with Crippen LogP contribution in [0.5, 0.6) is 0 Å². The van der Waals surface area contributed by atoms with Crippen molar-refractivity contribution in [3.63, 3.8) is 0 Å². The van der Waals surface area contributed by atoms with Gasteiger partial charge in [-0.15, -0.1) is 0 Å². The Bertz CT molecular complexity index is 667. The number of rotatable bonds is 13. The lowest BCUT2D eigenvalue weighted by Gasteiger charge is -2.17. The molecule has 30 heavy (non-hydrogen) atoms. The molecule has 7 N–H and O–H groups in total. The van der Waals surface area contributed by atoms with E-state index in [1.165, 1.54) is 0 Å². The zero-order valence-electron chi connectivity index (χ0n) is 17.7. The summed E-state index contributed by atoms with van der Waals surface area (Å²) in [5, 5.41) is 13.7. The number of benzene rings is 1. The molecule has 0 aliphatic rings. The SMILES string of the molecule is CC.NCCCCCC(N)C(=O)NCC(=O)NC(Cc1ccccc1)C(=O)C(=O)O. The second-order valence-corrected chi connectivity index (χ2v) is 6.44. The summed E-state index contributed by atoms with van der Waals surface area (Å²) < 4.78 is 0. The second kappa shape index (κ2) is 16.1. The molecule has 0 saturated carbocycles. The first-order valence-electron chi connectivity index (χ1n) is 10.2. The van der Waals surface area contributed by atoms with Gasteiger partial charge in [0.1, 0.15) is 6.04 Å². The predicted molar refractivity (Wildman–Crippen MR) is 115 cm³/mol. The van der Waals surface area contributed by atoms with Crippen LogP contribution in [-0.4, -0.2) is 53.8 Å². The fourth-order valence-corrected chi connectivity index (χ4v) is 2.57. The zero-order chi connectivity index (χ0) is 22.9. The number of Topliss-reactive ketones (excluding diaryl/α,β-unsaturated/α-hetero) is 1. The van der Waals surface area contributed by atoms with Crippen molar-refractivity contribution in [2.75, 3.05) is 13.1 Å². The molecule has 9 heteroatoms. The standard InChI is InChI=1S/C19H28N4O5.C2H6/c20-10-6-2-5-9-14(21)18(26)22-12-16(24)23-15(17(25)19(27)28)11-13-7-3-1-4-8-13;1-2/h1,3-4,7-8,14-15H,2,5-6,9-12,20-21H2,(H,22,26)(H,23,24)(H,27,28);1-2H3. The van der Waals surface area contributed by atoms with E-state index in [9.17, 15) is 19.2 Å². The van der Waals surface area contributed by atoms with Gasteiger partial charge in [0.05, 0.1) is 12.6 Å². The summed E-state index contributed by atoms with van der Waals surface area (Å²) in [6.07, 6.45) is 2.99. The van der Waals surface area contributed by atoms with E-state index in [0.717, 1.165) is 19.3 Å². The third kappa shape index (κ3) is 11.3. The van der Waals surface area contributed by atoms with E-state index in [-0.39, 0.29) is 6.42 Å². The lowest BCUT2D eigenvalue weighted by molar-refractivity contribution is -0.150. The first-order chi connectivity index (χ1) is 14.3. The van der Waals surface area contributed by atoms with Crippen molar-refractivity contribution in [3.8, 4) is 0 Å². The van der Waals surface area contributed by atoms with Gasteiger partial charge in [-0.3, -0.25) is 14.4 Å². The lowest BCUT2D eigenvalue weighted by Crippen LogP contribution is -2.50. The number of carboxylic acid groups (broad SMARTS) is 1. The van der Waals surface area contributed by atoms with Gasteiger partial charge in [0.15, 0.2) is 0 Å². The number of unbranched alkanes of at least 4 members (excludes halogenated alkanes) is 2. The molecule has 1 aromatic carbocycles. The first-order valence-corrected chi connectivity index (χ1v) is 10.2. The highest BCUT2D eigenvalue weighted by atomic mass is 16.4. The van der Waals surface area contributed by atoms with Gasteiger partial charge in [0.2, 0.25) is 11.8 Å². The average molecular weight is 423 g/mol. The van der Waals surface area contributed by atoms with Gasteiger partial charge in [-0.05, 0) is 24.9 Å². The summed E-state index contributed by atoms with van der Waals surface area (Å²) in [6, 6.07) is 6.74. The number of nitrogens with one attached hydrogen (secondary N) is 2. The third-order valence-corrected chi connectivity index (χ3v) is 4.12. The van der Waals surface area contributed by atoms with Crippen LogP contribution >= 0.6 is 0 Å². The minimum Gasteiger partial charge on any atom is -0.475 e. The van der Waals surface area contributed by atoms with Crippen molar-refractivity contribution in [1.82, 2.24) is 10.6 Å². The van der Waals surface area contributed by atoms with Crippen molar-refractivity contribution < 1.29 is 24.3 Å². The number of hydrogen-bond acceptors (Lipinski definition) is 6. The number of nitrogens with two attached hydrogens (primary N) is 2. The zero-order valence-corrected chi connectivity index (χ0v) is 17.7. The van der Waals surface area contributed by atoms with Gasteiger partial charge in [-0.2, -0.15) is 0 Å². The van der Waals surface area contributed by atoms with Crippen LogP contribution in [0.15, 0.2) is 30.3 Å². The van der Waals surface area contributed by atoms with Gasteiger partial charge < -0.3 is 27.2 Å². The van der Waals surface area contributed by atoms with Gasteiger partial charge in [0.25, 0.3) is 5.78 Å². The lowest BCUT2D eigenvalue weighted by atomic mass is 10.0. The molecule has 1 rings (SSSR count). The third-order valence-electron chi connectivity index (χ3n) is 4.12. The summed E-state index contributed by atoms with van der Waals surface area (Å²) in [5.74, 6) is -3.91. The average Bonchev–Trinajstić information content (AvgIpc) is 2.75. The van der Waals surface area contributed by atoms with Crippen molar-refractivity contribution >= 4 is 23.6 Å². The highest BCUT2D eigenvalue weighted by molar-refractivity contribution is 6.35. The normalized spacial score (nSPS) is 12.0. The van der Waals surface area contributed by atoms with Crippen LogP contribution < -0.4 is 22.1 Å². The molecule has 2 amide bonds. The van der Waals surface area contributed by atoms with E-state index < -0.39 is 42.2 Å². The fraction of sp³-hybridized carbons (Fsp3) is 0.524. The number of aliphatic carboxylic acids is 1. The Labute approximate surface area is 177 Å². The Balaban J connectivity index is 0.00000407. The molecular formula is C21H34N4O5. The van der Waals surface area contributed by atoms with Crippen LogP contribution in [0.3, 0.4) is 0 Å². The van der Waals surface area contributed by atoms with E-state index in [4.69, 9.17) is 16.6 Å². The van der Waals surface area contributed by atoms with Gasteiger partial charge in [-0.1, -0.05) is 57.0 Å². The Morgan fingerprint density at radius 2 is 1.67 bits per heavy atom. The number of hydrogen-bond donors (Lipinski definition) is 5. The number of carbonyl (C=O) groups is 4. The molecule has 0 saturated heterocycles. The summed E-state index contributed by atoms with van der Waals surface area (Å²) >= 11 is 0. The second-order valence-electron chi connectivity index (χ2n) is 6.44. The highest BCUT2D eigenvalue weighted by Gasteiger charge is 2.27. The molecule has 2 atom stereocenters. The number of amides is 2. The minimum absolute atomic E-state index is 0.0340. The van der Waals surface area contributed by atoms with Crippen LogP contribution in [0.25, 0.3) is 0 Å². The van der Waals surface area contributed by atoms with Crippen LogP contribution in [0.4, 0.5) is 0 Å². The molecule has 0 aliphatic carbocycles. The van der Waals surface area contributed by atoms with Gasteiger partial charge in [0, 0.05) is 6.42 Å². The van der Waals surface area contributed by atoms with Gasteiger partial charge in [-0.25, -0.2) is 4.79 Å². The molecule has 1 aromatic rings. The molecule has 0 spiro atoms.